The van der Waals surface area contributed by atoms with Crippen LogP contribution >= 0.6 is 0 Å². The van der Waals surface area contributed by atoms with Gasteiger partial charge in [-0.3, -0.25) is 4.31 Å². The average Bonchev–Trinajstić information content (AvgIpc) is 2.50. The molecule has 0 unspecified atom stereocenters. The molecule has 1 N–H and O–H groups in total. The molecule has 0 amide bonds. The third-order valence-electron chi connectivity index (χ3n) is 3.10. The summed E-state index contributed by atoms with van der Waals surface area (Å²) in [6, 6.07) is 11.6. The number of anilines is 1. The molecule has 2 aromatic carbocycles. The fourth-order valence-corrected chi connectivity index (χ4v) is 3.50. The van der Waals surface area contributed by atoms with Gasteiger partial charge in [0.25, 0.3) is 10.0 Å². The van der Waals surface area contributed by atoms with Crippen molar-refractivity contribution in [3.05, 3.63) is 59.9 Å². The molecule has 0 spiro atoms. The van der Waals surface area contributed by atoms with Crippen LogP contribution in [0, 0.1) is 5.82 Å². The first kappa shape index (κ1) is 15.5. The minimum Gasteiger partial charge on any atom is -0.392 e. The number of nitrogens with zero attached hydrogens (tertiary/aromatic N) is 1. The maximum Gasteiger partial charge on any atom is 0.264 e. The zero-order valence-electron chi connectivity index (χ0n) is 11.5. The summed E-state index contributed by atoms with van der Waals surface area (Å²) in [5, 5.41) is 8.99. The summed E-state index contributed by atoms with van der Waals surface area (Å²) in [5.41, 5.74) is 0.633. The Morgan fingerprint density at radius 1 is 1.10 bits per heavy atom. The molecule has 6 heteroatoms. The number of aliphatic hydroxyl groups excluding tert-OH is 1. The normalized spacial score (nSPS) is 11.4. The van der Waals surface area contributed by atoms with Gasteiger partial charge in [-0.25, -0.2) is 12.8 Å². The Labute approximate surface area is 123 Å². The molecule has 0 fully saturated rings. The largest absolute Gasteiger partial charge is 0.392 e. The Hall–Kier alpha value is -1.92. The number of rotatable bonds is 5. The van der Waals surface area contributed by atoms with Crippen LogP contribution in [-0.2, 0) is 16.6 Å². The fourth-order valence-electron chi connectivity index (χ4n) is 2.02. The summed E-state index contributed by atoms with van der Waals surface area (Å²) < 4.78 is 40.1. The number of hydrogen-bond donors (Lipinski definition) is 1. The molecule has 0 aromatic heterocycles. The van der Waals surface area contributed by atoms with Crippen molar-refractivity contribution in [1.82, 2.24) is 0 Å². The van der Waals surface area contributed by atoms with Crippen LogP contribution in [0.25, 0.3) is 0 Å². The third-order valence-corrected chi connectivity index (χ3v) is 5.01. The highest BCUT2D eigenvalue weighted by Crippen LogP contribution is 2.26. The van der Waals surface area contributed by atoms with Gasteiger partial charge >= 0.3 is 0 Å². The number of aliphatic hydroxyl groups is 1. The standard InChI is InChI=1S/C15H16FNO3S/c1-2-17(15-6-4-3-5-14(15)16)21(19,20)13-9-7-12(11-18)8-10-13/h3-10,18H,2,11H2,1H3. The van der Waals surface area contributed by atoms with E-state index in [2.05, 4.69) is 0 Å². The second kappa shape index (κ2) is 6.24. The summed E-state index contributed by atoms with van der Waals surface area (Å²) in [6.07, 6.45) is 0. The summed E-state index contributed by atoms with van der Waals surface area (Å²) in [6.45, 7) is 1.60. The fraction of sp³-hybridized carbons (Fsp3) is 0.200. The minimum absolute atomic E-state index is 0.0197. The van der Waals surface area contributed by atoms with E-state index in [0.717, 1.165) is 4.31 Å². The summed E-state index contributed by atoms with van der Waals surface area (Å²) in [4.78, 5) is 0.0600. The molecule has 2 aromatic rings. The van der Waals surface area contributed by atoms with Gasteiger partial charge in [0.05, 0.1) is 17.2 Å². The molecule has 4 nitrogen and oxygen atoms in total. The van der Waals surface area contributed by atoms with E-state index in [9.17, 15) is 12.8 Å². The Balaban J connectivity index is 2.47. The van der Waals surface area contributed by atoms with Crippen molar-refractivity contribution in [2.45, 2.75) is 18.4 Å². The molecule has 0 aliphatic rings. The predicted octanol–water partition coefficient (Wildman–Crippen LogP) is 2.53. The Kier molecular flexibility index (Phi) is 4.59. The zero-order chi connectivity index (χ0) is 15.5. The van der Waals surface area contributed by atoms with E-state index in [-0.39, 0.29) is 23.7 Å². The highest BCUT2D eigenvalue weighted by molar-refractivity contribution is 7.92. The van der Waals surface area contributed by atoms with E-state index in [0.29, 0.717) is 5.56 Å². The van der Waals surface area contributed by atoms with E-state index in [1.807, 2.05) is 0 Å². The van der Waals surface area contributed by atoms with Crippen LogP contribution in [0.5, 0.6) is 0 Å². The molecule has 21 heavy (non-hydrogen) atoms. The summed E-state index contributed by atoms with van der Waals surface area (Å²) in [5.74, 6) is -0.588. The van der Waals surface area contributed by atoms with Gasteiger partial charge in [-0.05, 0) is 36.8 Å². The number of para-hydroxylation sites is 1. The van der Waals surface area contributed by atoms with Crippen molar-refractivity contribution in [1.29, 1.82) is 0 Å². The Morgan fingerprint density at radius 3 is 2.24 bits per heavy atom. The number of halogens is 1. The first-order valence-corrected chi connectivity index (χ1v) is 7.91. The lowest BCUT2D eigenvalue weighted by molar-refractivity contribution is 0.282. The summed E-state index contributed by atoms with van der Waals surface area (Å²) in [7, 11) is -3.84. The predicted molar refractivity (Wildman–Crippen MR) is 79.0 cm³/mol. The van der Waals surface area contributed by atoms with E-state index >= 15 is 0 Å². The second-order valence-corrected chi connectivity index (χ2v) is 6.29. The van der Waals surface area contributed by atoms with Crippen molar-refractivity contribution >= 4 is 15.7 Å². The summed E-state index contributed by atoms with van der Waals surface area (Å²) >= 11 is 0. The monoisotopic (exact) mass is 309 g/mol. The van der Waals surface area contributed by atoms with Crippen molar-refractivity contribution in [3.8, 4) is 0 Å². The molecule has 0 aliphatic carbocycles. The Bertz CT molecular complexity index is 714. The molecular weight excluding hydrogens is 293 g/mol. The molecule has 0 aliphatic heterocycles. The van der Waals surface area contributed by atoms with E-state index in [1.165, 1.54) is 42.5 Å². The number of hydrogen-bond acceptors (Lipinski definition) is 3. The van der Waals surface area contributed by atoms with Crippen LogP contribution < -0.4 is 4.31 Å². The molecule has 2 rings (SSSR count). The molecule has 0 radical (unpaired) electrons. The molecule has 0 heterocycles. The molecular formula is C15H16FNO3S. The molecule has 0 bridgehead atoms. The Morgan fingerprint density at radius 2 is 1.71 bits per heavy atom. The van der Waals surface area contributed by atoms with Crippen LogP contribution in [0.4, 0.5) is 10.1 Å². The highest BCUT2D eigenvalue weighted by Gasteiger charge is 2.25. The second-order valence-electron chi connectivity index (χ2n) is 4.42. The highest BCUT2D eigenvalue weighted by atomic mass is 32.2. The van der Waals surface area contributed by atoms with Gasteiger partial charge in [-0.1, -0.05) is 24.3 Å². The van der Waals surface area contributed by atoms with Crippen LogP contribution in [-0.4, -0.2) is 20.1 Å². The first-order chi connectivity index (χ1) is 10.0. The van der Waals surface area contributed by atoms with Crippen molar-refractivity contribution in [3.63, 3.8) is 0 Å². The number of sulfonamides is 1. The maximum absolute atomic E-state index is 13.9. The lowest BCUT2D eigenvalue weighted by Gasteiger charge is -2.23. The van der Waals surface area contributed by atoms with Gasteiger partial charge < -0.3 is 5.11 Å². The zero-order valence-corrected chi connectivity index (χ0v) is 12.3. The van der Waals surface area contributed by atoms with Gasteiger partial charge in [0.2, 0.25) is 0 Å². The molecule has 0 saturated carbocycles. The molecule has 0 saturated heterocycles. The van der Waals surface area contributed by atoms with Crippen molar-refractivity contribution in [2.75, 3.05) is 10.8 Å². The maximum atomic E-state index is 13.9. The average molecular weight is 309 g/mol. The van der Waals surface area contributed by atoms with Crippen LogP contribution in [0.2, 0.25) is 0 Å². The van der Waals surface area contributed by atoms with Gasteiger partial charge in [-0.2, -0.15) is 0 Å². The smallest absolute Gasteiger partial charge is 0.264 e. The minimum atomic E-state index is -3.84. The number of benzene rings is 2. The van der Waals surface area contributed by atoms with Gasteiger partial charge in [-0.15, -0.1) is 0 Å². The van der Waals surface area contributed by atoms with Crippen LogP contribution in [0.1, 0.15) is 12.5 Å². The lowest BCUT2D eigenvalue weighted by Crippen LogP contribution is -2.31. The van der Waals surface area contributed by atoms with E-state index in [1.54, 1.807) is 13.0 Å². The van der Waals surface area contributed by atoms with E-state index < -0.39 is 15.8 Å². The van der Waals surface area contributed by atoms with Crippen LogP contribution in [0.3, 0.4) is 0 Å². The van der Waals surface area contributed by atoms with Crippen molar-refractivity contribution < 1.29 is 17.9 Å². The van der Waals surface area contributed by atoms with Gasteiger partial charge in [0, 0.05) is 6.54 Å². The molecule has 0 atom stereocenters. The first-order valence-electron chi connectivity index (χ1n) is 6.47. The molecule has 112 valence electrons. The van der Waals surface area contributed by atoms with Gasteiger partial charge in [0.1, 0.15) is 5.82 Å². The van der Waals surface area contributed by atoms with Crippen LogP contribution in [0.15, 0.2) is 53.4 Å². The third kappa shape index (κ3) is 3.06. The van der Waals surface area contributed by atoms with E-state index in [4.69, 9.17) is 5.11 Å². The van der Waals surface area contributed by atoms with Gasteiger partial charge in [0.15, 0.2) is 0 Å². The lowest BCUT2D eigenvalue weighted by atomic mass is 10.2. The topological polar surface area (TPSA) is 57.6 Å². The SMILES string of the molecule is CCN(c1ccccc1F)S(=O)(=O)c1ccc(CO)cc1. The van der Waals surface area contributed by atoms with Crippen molar-refractivity contribution in [2.24, 2.45) is 0 Å². The quantitative estimate of drug-likeness (QED) is 0.923.